The Kier molecular flexibility index (Phi) is 4.81. The molecule has 94 valence electrons. The lowest BCUT2D eigenvalue weighted by molar-refractivity contribution is -0.142. The van der Waals surface area contributed by atoms with Crippen LogP contribution in [0.4, 0.5) is 18.9 Å². The summed E-state index contributed by atoms with van der Waals surface area (Å²) in [5.74, 6) is -4.48. The third-order valence-corrected chi connectivity index (χ3v) is 1.95. The molecule has 1 aromatic carbocycles. The highest BCUT2D eigenvalue weighted by atomic mass is 19.2. The van der Waals surface area contributed by atoms with E-state index in [1.165, 1.54) is 0 Å². The van der Waals surface area contributed by atoms with Crippen LogP contribution >= 0.6 is 0 Å². The van der Waals surface area contributed by atoms with Gasteiger partial charge in [-0.3, -0.25) is 4.79 Å². The first-order chi connectivity index (χ1) is 8.04. The van der Waals surface area contributed by atoms with E-state index in [-0.39, 0.29) is 25.3 Å². The van der Waals surface area contributed by atoms with Gasteiger partial charge in [0.2, 0.25) is 0 Å². The number of ether oxygens (including phenoxy) is 1. The summed E-state index contributed by atoms with van der Waals surface area (Å²) in [7, 11) is 0. The van der Waals surface area contributed by atoms with Crippen molar-refractivity contribution in [3.8, 4) is 0 Å². The summed E-state index contributed by atoms with van der Waals surface area (Å²) in [6.07, 6.45) is 0.0639. The van der Waals surface area contributed by atoms with Gasteiger partial charge in [-0.1, -0.05) is 0 Å². The maximum Gasteiger partial charge on any atom is 0.307 e. The Labute approximate surface area is 96.6 Å². The van der Waals surface area contributed by atoms with Gasteiger partial charge >= 0.3 is 5.97 Å². The zero-order chi connectivity index (χ0) is 12.8. The molecule has 1 N–H and O–H groups in total. The summed E-state index contributed by atoms with van der Waals surface area (Å²) in [6.45, 7) is 2.11. The fraction of sp³-hybridized carbons (Fsp3) is 0.364. The molecule has 0 bridgehead atoms. The van der Waals surface area contributed by atoms with Gasteiger partial charge in [-0.25, -0.2) is 13.2 Å². The normalized spacial score (nSPS) is 10.1. The van der Waals surface area contributed by atoms with Crippen LogP contribution in [-0.2, 0) is 9.53 Å². The van der Waals surface area contributed by atoms with Crippen LogP contribution in [0.2, 0.25) is 0 Å². The van der Waals surface area contributed by atoms with Crippen LogP contribution in [0.5, 0.6) is 0 Å². The van der Waals surface area contributed by atoms with Gasteiger partial charge in [-0.2, -0.15) is 0 Å². The second-order valence-electron chi connectivity index (χ2n) is 3.24. The fourth-order valence-electron chi connectivity index (χ4n) is 1.20. The fourth-order valence-corrected chi connectivity index (χ4v) is 1.20. The average molecular weight is 247 g/mol. The van der Waals surface area contributed by atoms with Gasteiger partial charge in [-0.15, -0.1) is 0 Å². The standard InChI is InChI=1S/C11H12F3NO2/c1-2-17-10(16)3-4-15-7-5-8(12)11(14)9(13)6-7/h5-6,15H,2-4H2,1H3. The number of carbonyl (C=O) groups excluding carboxylic acids is 1. The van der Waals surface area contributed by atoms with E-state index in [0.29, 0.717) is 0 Å². The monoisotopic (exact) mass is 247 g/mol. The van der Waals surface area contributed by atoms with E-state index in [2.05, 4.69) is 10.1 Å². The Morgan fingerprint density at radius 1 is 1.29 bits per heavy atom. The highest BCUT2D eigenvalue weighted by Gasteiger charge is 2.10. The number of esters is 1. The van der Waals surface area contributed by atoms with Crippen molar-refractivity contribution in [3.63, 3.8) is 0 Å². The van der Waals surface area contributed by atoms with Crippen molar-refractivity contribution in [3.05, 3.63) is 29.6 Å². The molecule has 1 rings (SSSR count). The van der Waals surface area contributed by atoms with Crippen LogP contribution in [0.1, 0.15) is 13.3 Å². The van der Waals surface area contributed by atoms with Crippen LogP contribution in [-0.4, -0.2) is 19.1 Å². The molecule has 1 aromatic rings. The maximum atomic E-state index is 12.8. The van der Waals surface area contributed by atoms with Gasteiger partial charge in [0.15, 0.2) is 17.5 Å². The average Bonchev–Trinajstić information content (AvgIpc) is 2.26. The van der Waals surface area contributed by atoms with Crippen molar-refractivity contribution < 1.29 is 22.7 Å². The van der Waals surface area contributed by atoms with E-state index in [1.807, 2.05) is 0 Å². The molecule has 17 heavy (non-hydrogen) atoms. The number of hydrogen-bond donors (Lipinski definition) is 1. The molecule has 3 nitrogen and oxygen atoms in total. The third kappa shape index (κ3) is 3.97. The lowest BCUT2D eigenvalue weighted by Gasteiger charge is -2.07. The predicted octanol–water partition coefficient (Wildman–Crippen LogP) is 2.47. The molecule has 0 fully saturated rings. The molecule has 0 aliphatic carbocycles. The summed E-state index contributed by atoms with van der Waals surface area (Å²) in [6, 6.07) is 1.65. The molecule has 0 saturated heterocycles. The number of halogens is 3. The Balaban J connectivity index is 2.50. The van der Waals surface area contributed by atoms with Crippen LogP contribution in [0.3, 0.4) is 0 Å². The first kappa shape index (κ1) is 13.3. The lowest BCUT2D eigenvalue weighted by atomic mass is 10.2. The number of nitrogens with one attached hydrogen (secondary N) is 1. The summed E-state index contributed by atoms with van der Waals surface area (Å²) in [5.41, 5.74) is 0.0747. The molecular weight excluding hydrogens is 235 g/mol. The van der Waals surface area contributed by atoms with E-state index in [4.69, 9.17) is 0 Å². The summed E-state index contributed by atoms with van der Waals surface area (Å²) in [5, 5.41) is 2.60. The Bertz CT molecular complexity index is 387. The minimum atomic E-state index is -1.51. The van der Waals surface area contributed by atoms with E-state index in [1.54, 1.807) is 6.92 Å². The van der Waals surface area contributed by atoms with Crippen molar-refractivity contribution in [2.75, 3.05) is 18.5 Å². The number of benzene rings is 1. The maximum absolute atomic E-state index is 12.8. The van der Waals surface area contributed by atoms with Crippen LogP contribution < -0.4 is 5.32 Å². The number of carbonyl (C=O) groups is 1. The SMILES string of the molecule is CCOC(=O)CCNc1cc(F)c(F)c(F)c1. The molecule has 0 aliphatic heterocycles. The van der Waals surface area contributed by atoms with Gasteiger partial charge in [0.05, 0.1) is 13.0 Å². The van der Waals surface area contributed by atoms with Crippen LogP contribution in [0, 0.1) is 17.5 Å². The Morgan fingerprint density at radius 3 is 2.41 bits per heavy atom. The van der Waals surface area contributed by atoms with Gasteiger partial charge in [0.1, 0.15) is 0 Å². The van der Waals surface area contributed by atoms with Crippen LogP contribution in [0.25, 0.3) is 0 Å². The second-order valence-corrected chi connectivity index (χ2v) is 3.24. The minimum Gasteiger partial charge on any atom is -0.466 e. The second kappa shape index (κ2) is 6.12. The zero-order valence-corrected chi connectivity index (χ0v) is 9.23. The highest BCUT2D eigenvalue weighted by molar-refractivity contribution is 5.70. The van der Waals surface area contributed by atoms with Gasteiger partial charge in [-0.05, 0) is 6.92 Å². The number of anilines is 1. The molecule has 0 aromatic heterocycles. The van der Waals surface area contributed by atoms with E-state index in [9.17, 15) is 18.0 Å². The summed E-state index contributed by atoms with van der Waals surface area (Å²) >= 11 is 0. The first-order valence-corrected chi connectivity index (χ1v) is 5.08. The lowest BCUT2D eigenvalue weighted by Crippen LogP contribution is -2.11. The van der Waals surface area contributed by atoms with E-state index in [0.717, 1.165) is 12.1 Å². The largest absolute Gasteiger partial charge is 0.466 e. The van der Waals surface area contributed by atoms with E-state index < -0.39 is 23.4 Å². The van der Waals surface area contributed by atoms with Gasteiger partial charge < -0.3 is 10.1 Å². The number of hydrogen-bond acceptors (Lipinski definition) is 3. The third-order valence-electron chi connectivity index (χ3n) is 1.95. The molecule has 0 amide bonds. The molecule has 0 heterocycles. The molecule has 0 aliphatic rings. The van der Waals surface area contributed by atoms with Crippen molar-refractivity contribution in [1.29, 1.82) is 0 Å². The van der Waals surface area contributed by atoms with E-state index >= 15 is 0 Å². The Morgan fingerprint density at radius 2 is 1.88 bits per heavy atom. The topological polar surface area (TPSA) is 38.3 Å². The minimum absolute atomic E-state index is 0.0639. The van der Waals surface area contributed by atoms with Crippen molar-refractivity contribution in [1.82, 2.24) is 0 Å². The Hall–Kier alpha value is -1.72. The molecule has 0 saturated carbocycles. The van der Waals surface area contributed by atoms with Gasteiger partial charge in [0.25, 0.3) is 0 Å². The smallest absolute Gasteiger partial charge is 0.307 e. The zero-order valence-electron chi connectivity index (χ0n) is 9.23. The van der Waals surface area contributed by atoms with Crippen molar-refractivity contribution >= 4 is 11.7 Å². The highest BCUT2D eigenvalue weighted by Crippen LogP contribution is 2.17. The van der Waals surface area contributed by atoms with Crippen LogP contribution in [0.15, 0.2) is 12.1 Å². The summed E-state index contributed by atoms with van der Waals surface area (Å²) in [4.78, 5) is 11.0. The van der Waals surface area contributed by atoms with Crippen molar-refractivity contribution in [2.24, 2.45) is 0 Å². The number of rotatable bonds is 5. The molecule has 0 atom stereocenters. The molecular formula is C11H12F3NO2. The summed E-state index contributed by atoms with van der Waals surface area (Å²) < 4.78 is 42.9. The molecule has 0 spiro atoms. The predicted molar refractivity (Wildman–Crippen MR) is 56.1 cm³/mol. The van der Waals surface area contributed by atoms with Gasteiger partial charge in [0, 0.05) is 24.4 Å². The van der Waals surface area contributed by atoms with Crippen molar-refractivity contribution in [2.45, 2.75) is 13.3 Å². The quantitative estimate of drug-likeness (QED) is 0.641. The molecule has 0 unspecified atom stereocenters. The molecule has 6 heteroatoms. The first-order valence-electron chi connectivity index (χ1n) is 5.08. The molecule has 0 radical (unpaired) electrons.